The van der Waals surface area contributed by atoms with Crippen molar-refractivity contribution in [2.45, 2.75) is 45.6 Å². The van der Waals surface area contributed by atoms with E-state index in [4.69, 9.17) is 0 Å². The summed E-state index contributed by atoms with van der Waals surface area (Å²) in [4.78, 5) is 1.43. The predicted molar refractivity (Wildman–Crippen MR) is 67.4 cm³/mol. The smallest absolute Gasteiger partial charge is 0.0331 e. The first kappa shape index (κ1) is 11.2. The van der Waals surface area contributed by atoms with Gasteiger partial charge in [0.05, 0.1) is 0 Å². The molecule has 0 amide bonds. The molecule has 0 aliphatic heterocycles. The zero-order valence-corrected chi connectivity index (χ0v) is 10.6. The van der Waals surface area contributed by atoms with Gasteiger partial charge in [-0.05, 0) is 42.8 Å². The fraction of sp³-hybridized carbons (Fsp3) is 0.692. The maximum Gasteiger partial charge on any atom is 0.0331 e. The molecule has 15 heavy (non-hydrogen) atoms. The van der Waals surface area contributed by atoms with E-state index in [1.807, 2.05) is 11.3 Å². The van der Waals surface area contributed by atoms with Crippen molar-refractivity contribution in [2.24, 2.45) is 5.92 Å². The van der Waals surface area contributed by atoms with Gasteiger partial charge in [-0.25, -0.2) is 0 Å². The summed E-state index contributed by atoms with van der Waals surface area (Å²) in [7, 11) is 0. The normalized spacial score (nSPS) is 18.8. The molecule has 1 aromatic rings. The van der Waals surface area contributed by atoms with Gasteiger partial charge in [0.15, 0.2) is 0 Å². The monoisotopic (exact) mass is 223 g/mol. The molecule has 1 N–H and O–H groups in total. The highest BCUT2D eigenvalue weighted by molar-refractivity contribution is 7.10. The average Bonchev–Trinajstić information content (AvgIpc) is 2.56. The Labute approximate surface area is 96.9 Å². The summed E-state index contributed by atoms with van der Waals surface area (Å²) in [5, 5.41) is 5.94. The zero-order valence-electron chi connectivity index (χ0n) is 9.75. The number of hydrogen-bond donors (Lipinski definition) is 1. The molecule has 1 aliphatic carbocycles. The molecule has 0 spiro atoms. The molecular weight excluding hydrogens is 202 g/mol. The molecule has 1 aromatic heterocycles. The molecule has 1 fully saturated rings. The third-order valence-corrected chi connectivity index (χ3v) is 4.28. The number of nitrogens with one attached hydrogen (secondary N) is 1. The maximum absolute atomic E-state index is 3.62. The second-order valence-electron chi connectivity index (χ2n) is 4.63. The predicted octanol–water partition coefficient (Wildman–Crippen LogP) is 3.90. The van der Waals surface area contributed by atoms with Crippen LogP contribution in [0.15, 0.2) is 11.4 Å². The molecule has 0 bridgehead atoms. The fourth-order valence-electron chi connectivity index (χ4n) is 2.29. The Balaban J connectivity index is 1.97. The quantitative estimate of drug-likeness (QED) is 0.798. The van der Waals surface area contributed by atoms with Crippen LogP contribution < -0.4 is 5.32 Å². The second-order valence-corrected chi connectivity index (χ2v) is 5.75. The van der Waals surface area contributed by atoms with Crippen molar-refractivity contribution in [2.75, 3.05) is 6.54 Å². The number of hydrogen-bond acceptors (Lipinski definition) is 2. The first-order valence-corrected chi connectivity index (χ1v) is 6.96. The third kappa shape index (κ3) is 2.82. The van der Waals surface area contributed by atoms with Gasteiger partial charge in [-0.2, -0.15) is 0 Å². The lowest BCUT2D eigenvalue weighted by Gasteiger charge is -2.29. The van der Waals surface area contributed by atoms with Gasteiger partial charge in [-0.1, -0.05) is 26.2 Å². The maximum atomic E-state index is 3.62. The van der Waals surface area contributed by atoms with E-state index < -0.39 is 0 Å². The van der Waals surface area contributed by atoms with Crippen LogP contribution in [0.4, 0.5) is 0 Å². The van der Waals surface area contributed by atoms with E-state index in [1.54, 1.807) is 0 Å². The minimum absolute atomic E-state index is 0.602. The first-order valence-electron chi connectivity index (χ1n) is 6.08. The molecule has 1 unspecified atom stereocenters. The molecule has 0 radical (unpaired) electrons. The molecule has 1 saturated carbocycles. The van der Waals surface area contributed by atoms with Gasteiger partial charge in [0, 0.05) is 10.9 Å². The summed E-state index contributed by atoms with van der Waals surface area (Å²) in [6, 6.07) is 2.95. The van der Waals surface area contributed by atoms with Crippen LogP contribution in [-0.2, 0) is 0 Å². The van der Waals surface area contributed by atoms with Crippen molar-refractivity contribution in [1.82, 2.24) is 5.32 Å². The van der Waals surface area contributed by atoms with Gasteiger partial charge in [0.2, 0.25) is 0 Å². The molecule has 0 aromatic carbocycles. The Morgan fingerprint density at radius 1 is 1.53 bits per heavy atom. The lowest BCUT2D eigenvalue weighted by molar-refractivity contribution is 0.262. The molecule has 1 aliphatic rings. The molecule has 1 atom stereocenters. The summed E-state index contributed by atoms with van der Waals surface area (Å²) >= 11 is 1.87. The van der Waals surface area contributed by atoms with E-state index in [9.17, 15) is 0 Å². The van der Waals surface area contributed by atoms with Gasteiger partial charge in [-0.3, -0.25) is 0 Å². The van der Waals surface area contributed by atoms with Crippen molar-refractivity contribution in [3.8, 4) is 0 Å². The largest absolute Gasteiger partial charge is 0.310 e. The van der Waals surface area contributed by atoms with E-state index in [0.29, 0.717) is 6.04 Å². The summed E-state index contributed by atoms with van der Waals surface area (Å²) in [5.41, 5.74) is 1.51. The molecule has 84 valence electrons. The van der Waals surface area contributed by atoms with Crippen LogP contribution in [0.3, 0.4) is 0 Å². The first-order chi connectivity index (χ1) is 7.29. The van der Waals surface area contributed by atoms with Gasteiger partial charge in [-0.15, -0.1) is 11.3 Å². The number of thiophene rings is 1. The highest BCUT2D eigenvalue weighted by Crippen LogP contribution is 2.35. The third-order valence-electron chi connectivity index (χ3n) is 3.40. The zero-order chi connectivity index (χ0) is 10.7. The number of rotatable bonds is 5. The van der Waals surface area contributed by atoms with Crippen LogP contribution in [0.1, 0.15) is 49.1 Å². The fourth-order valence-corrected chi connectivity index (χ4v) is 3.05. The SMILES string of the molecule is CCNC(CC1CCC1)c1csc(C)c1. The Hall–Kier alpha value is -0.340. The Morgan fingerprint density at radius 3 is 2.80 bits per heavy atom. The Kier molecular flexibility index (Phi) is 3.81. The van der Waals surface area contributed by atoms with Crippen LogP contribution in [0.5, 0.6) is 0 Å². The van der Waals surface area contributed by atoms with Crippen LogP contribution in [-0.4, -0.2) is 6.54 Å². The molecule has 1 nitrogen and oxygen atoms in total. The molecule has 1 heterocycles. The topological polar surface area (TPSA) is 12.0 Å². The minimum atomic E-state index is 0.602. The average molecular weight is 223 g/mol. The van der Waals surface area contributed by atoms with Crippen molar-refractivity contribution in [1.29, 1.82) is 0 Å². The van der Waals surface area contributed by atoms with E-state index in [-0.39, 0.29) is 0 Å². The van der Waals surface area contributed by atoms with Gasteiger partial charge >= 0.3 is 0 Å². The van der Waals surface area contributed by atoms with Crippen LogP contribution >= 0.6 is 11.3 Å². The molecule has 2 rings (SSSR count). The standard InChI is InChI=1S/C13H21NS/c1-3-14-13(8-11-5-4-6-11)12-7-10(2)15-9-12/h7,9,11,13-14H,3-6,8H2,1-2H3. The van der Waals surface area contributed by atoms with E-state index >= 15 is 0 Å². The van der Waals surface area contributed by atoms with E-state index in [0.717, 1.165) is 12.5 Å². The van der Waals surface area contributed by atoms with E-state index in [2.05, 4.69) is 30.6 Å². The van der Waals surface area contributed by atoms with Gasteiger partial charge < -0.3 is 5.32 Å². The summed E-state index contributed by atoms with van der Waals surface area (Å²) < 4.78 is 0. The molecular formula is C13H21NS. The summed E-state index contributed by atoms with van der Waals surface area (Å²) in [6.45, 7) is 5.47. The molecule has 0 saturated heterocycles. The van der Waals surface area contributed by atoms with Gasteiger partial charge in [0.25, 0.3) is 0 Å². The second kappa shape index (κ2) is 5.13. The van der Waals surface area contributed by atoms with Crippen molar-refractivity contribution >= 4 is 11.3 Å². The Morgan fingerprint density at radius 2 is 2.33 bits per heavy atom. The van der Waals surface area contributed by atoms with Crippen molar-refractivity contribution in [3.63, 3.8) is 0 Å². The lowest BCUT2D eigenvalue weighted by Crippen LogP contribution is -2.25. The Bertz CT molecular complexity index is 301. The van der Waals surface area contributed by atoms with Crippen molar-refractivity contribution in [3.05, 3.63) is 21.9 Å². The van der Waals surface area contributed by atoms with Crippen LogP contribution in [0, 0.1) is 12.8 Å². The van der Waals surface area contributed by atoms with Gasteiger partial charge in [0.1, 0.15) is 0 Å². The van der Waals surface area contributed by atoms with Crippen LogP contribution in [0.2, 0.25) is 0 Å². The number of aryl methyl sites for hydroxylation is 1. The summed E-state index contributed by atoms with van der Waals surface area (Å²) in [6.07, 6.45) is 5.69. The minimum Gasteiger partial charge on any atom is -0.310 e. The van der Waals surface area contributed by atoms with Crippen molar-refractivity contribution < 1.29 is 0 Å². The highest BCUT2D eigenvalue weighted by Gasteiger charge is 2.22. The molecule has 2 heteroatoms. The van der Waals surface area contributed by atoms with E-state index in [1.165, 1.54) is 36.1 Å². The van der Waals surface area contributed by atoms with Crippen LogP contribution in [0.25, 0.3) is 0 Å². The lowest BCUT2D eigenvalue weighted by atomic mass is 9.80. The summed E-state index contributed by atoms with van der Waals surface area (Å²) in [5.74, 6) is 0.981. The highest BCUT2D eigenvalue weighted by atomic mass is 32.1.